The minimum Gasteiger partial charge on any atom is -0.494 e. The van der Waals surface area contributed by atoms with Gasteiger partial charge in [-0.05, 0) is 81.1 Å². The van der Waals surface area contributed by atoms with Gasteiger partial charge in [0.1, 0.15) is 11.8 Å². The van der Waals surface area contributed by atoms with Gasteiger partial charge in [0, 0.05) is 11.2 Å². The zero-order chi connectivity index (χ0) is 27.9. The molecule has 0 saturated carbocycles. The lowest BCUT2D eigenvalue weighted by molar-refractivity contribution is -0.127. The molecule has 1 heterocycles. The number of rotatable bonds is 10. The van der Waals surface area contributed by atoms with Crippen molar-refractivity contribution in [2.45, 2.75) is 59.0 Å². The van der Waals surface area contributed by atoms with E-state index in [2.05, 4.69) is 24.5 Å². The van der Waals surface area contributed by atoms with Crippen LogP contribution in [0.5, 0.6) is 5.75 Å². The van der Waals surface area contributed by atoms with Crippen LogP contribution < -0.4 is 20.3 Å². The van der Waals surface area contributed by atoms with Crippen molar-refractivity contribution in [3.63, 3.8) is 0 Å². The summed E-state index contributed by atoms with van der Waals surface area (Å²) in [6.07, 6.45) is 1.39. The van der Waals surface area contributed by atoms with Crippen LogP contribution in [0.4, 0.5) is 5.69 Å². The molecule has 8 heteroatoms. The van der Waals surface area contributed by atoms with Crippen molar-refractivity contribution >= 4 is 23.4 Å². The van der Waals surface area contributed by atoms with E-state index in [0.29, 0.717) is 29.5 Å². The average Bonchev–Trinajstić information content (AvgIpc) is 3.41. The Morgan fingerprint density at radius 2 is 1.58 bits per heavy atom. The zero-order valence-corrected chi connectivity index (χ0v) is 22.9. The molecular formula is C30H37N3O5. The second-order valence-corrected chi connectivity index (χ2v) is 10.3. The standard InChI is InChI=1S/C30H37N3O5/c1-7-37-24-16-14-23(15-17-24)33(26(34)19-31-28(35)25-9-8-18-38-25)27(29(36)32-30(4,5)6)22-12-10-21(11-13-22)20(2)3/h8-18,20,27H,7,19H2,1-6H3,(H,31,35)(H,32,36)/t27-/m0/s1. The number of nitrogens with zero attached hydrogens (tertiary/aromatic N) is 1. The molecule has 0 unspecified atom stereocenters. The molecule has 1 aromatic heterocycles. The Morgan fingerprint density at radius 3 is 2.11 bits per heavy atom. The van der Waals surface area contributed by atoms with Crippen molar-refractivity contribution in [3.05, 3.63) is 83.8 Å². The first-order valence-corrected chi connectivity index (χ1v) is 12.8. The second-order valence-electron chi connectivity index (χ2n) is 10.3. The van der Waals surface area contributed by atoms with Gasteiger partial charge in [0.25, 0.3) is 5.91 Å². The molecule has 3 rings (SSSR count). The van der Waals surface area contributed by atoms with Crippen LogP contribution in [0.2, 0.25) is 0 Å². The summed E-state index contributed by atoms with van der Waals surface area (Å²) in [6, 6.07) is 16.8. The van der Waals surface area contributed by atoms with Gasteiger partial charge in [-0.15, -0.1) is 0 Å². The summed E-state index contributed by atoms with van der Waals surface area (Å²) < 4.78 is 10.7. The van der Waals surface area contributed by atoms with E-state index >= 15 is 0 Å². The molecular weight excluding hydrogens is 482 g/mol. The van der Waals surface area contributed by atoms with E-state index in [0.717, 1.165) is 5.56 Å². The average molecular weight is 520 g/mol. The number of hydrogen-bond acceptors (Lipinski definition) is 5. The first-order chi connectivity index (χ1) is 18.0. The molecule has 0 aliphatic rings. The topological polar surface area (TPSA) is 101 Å². The fourth-order valence-electron chi connectivity index (χ4n) is 3.96. The molecule has 0 spiro atoms. The quantitative estimate of drug-likeness (QED) is 0.382. The first-order valence-electron chi connectivity index (χ1n) is 12.8. The number of carbonyl (C=O) groups excluding carboxylic acids is 3. The molecule has 0 aliphatic carbocycles. The summed E-state index contributed by atoms with van der Waals surface area (Å²) in [6.45, 7) is 11.9. The van der Waals surface area contributed by atoms with Crippen LogP contribution in [0.25, 0.3) is 0 Å². The number of nitrogens with one attached hydrogen (secondary N) is 2. The molecule has 3 aromatic rings. The van der Waals surface area contributed by atoms with Gasteiger partial charge in [0.2, 0.25) is 11.8 Å². The van der Waals surface area contributed by atoms with Gasteiger partial charge in [-0.1, -0.05) is 38.1 Å². The zero-order valence-electron chi connectivity index (χ0n) is 22.9. The van der Waals surface area contributed by atoms with Crippen LogP contribution in [0.1, 0.15) is 75.2 Å². The maximum Gasteiger partial charge on any atom is 0.287 e. The Kier molecular flexibility index (Phi) is 9.34. The number of amides is 3. The van der Waals surface area contributed by atoms with Gasteiger partial charge in [-0.3, -0.25) is 19.3 Å². The number of hydrogen-bond donors (Lipinski definition) is 2. The van der Waals surface area contributed by atoms with Crippen LogP contribution in [0, 0.1) is 0 Å². The number of anilines is 1. The number of furan rings is 1. The minimum atomic E-state index is -0.985. The maximum absolute atomic E-state index is 13.8. The molecule has 0 bridgehead atoms. The highest BCUT2D eigenvalue weighted by Crippen LogP contribution is 2.31. The molecule has 2 N–H and O–H groups in total. The van der Waals surface area contributed by atoms with Crippen LogP contribution in [-0.2, 0) is 9.59 Å². The summed E-state index contributed by atoms with van der Waals surface area (Å²) in [4.78, 5) is 41.4. The minimum absolute atomic E-state index is 0.0942. The van der Waals surface area contributed by atoms with Gasteiger partial charge >= 0.3 is 0 Å². The van der Waals surface area contributed by atoms with Crippen molar-refractivity contribution in [2.24, 2.45) is 0 Å². The third-order valence-corrected chi connectivity index (χ3v) is 5.76. The lowest BCUT2D eigenvalue weighted by Crippen LogP contribution is -2.51. The maximum atomic E-state index is 13.8. The highest BCUT2D eigenvalue weighted by atomic mass is 16.5. The Labute approximate surface area is 224 Å². The smallest absolute Gasteiger partial charge is 0.287 e. The molecule has 202 valence electrons. The van der Waals surface area contributed by atoms with Gasteiger partial charge in [-0.25, -0.2) is 0 Å². The van der Waals surface area contributed by atoms with Crippen LogP contribution in [0.3, 0.4) is 0 Å². The Balaban J connectivity index is 2.04. The molecule has 0 saturated heterocycles. The molecule has 8 nitrogen and oxygen atoms in total. The van der Waals surface area contributed by atoms with E-state index in [4.69, 9.17) is 9.15 Å². The molecule has 0 aliphatic heterocycles. The van der Waals surface area contributed by atoms with Crippen LogP contribution in [0.15, 0.2) is 71.3 Å². The van der Waals surface area contributed by atoms with Crippen LogP contribution in [-0.4, -0.2) is 36.4 Å². The lowest BCUT2D eigenvalue weighted by atomic mass is 9.96. The number of ether oxygens (including phenoxy) is 1. The summed E-state index contributed by atoms with van der Waals surface area (Å²) >= 11 is 0. The molecule has 1 atom stereocenters. The van der Waals surface area contributed by atoms with E-state index in [-0.39, 0.29) is 18.2 Å². The van der Waals surface area contributed by atoms with Crippen molar-refractivity contribution in [1.29, 1.82) is 0 Å². The summed E-state index contributed by atoms with van der Waals surface area (Å²) in [5, 5.41) is 5.62. The van der Waals surface area contributed by atoms with Crippen LogP contribution >= 0.6 is 0 Å². The largest absolute Gasteiger partial charge is 0.494 e. The van der Waals surface area contributed by atoms with E-state index < -0.39 is 23.4 Å². The highest BCUT2D eigenvalue weighted by Gasteiger charge is 2.34. The number of benzene rings is 2. The van der Waals surface area contributed by atoms with E-state index in [1.165, 1.54) is 17.2 Å². The Hall–Kier alpha value is -4.07. The molecule has 3 amide bonds. The fraction of sp³-hybridized carbons (Fsp3) is 0.367. The Morgan fingerprint density at radius 1 is 0.947 bits per heavy atom. The third-order valence-electron chi connectivity index (χ3n) is 5.76. The van der Waals surface area contributed by atoms with Crippen molar-refractivity contribution in [1.82, 2.24) is 10.6 Å². The second kappa shape index (κ2) is 12.4. The van der Waals surface area contributed by atoms with Crippen molar-refractivity contribution in [2.75, 3.05) is 18.1 Å². The van der Waals surface area contributed by atoms with Crippen molar-refractivity contribution in [3.8, 4) is 5.75 Å². The monoisotopic (exact) mass is 519 g/mol. The summed E-state index contributed by atoms with van der Waals surface area (Å²) in [5.41, 5.74) is 1.73. The van der Waals surface area contributed by atoms with E-state index in [1.54, 1.807) is 30.3 Å². The Bertz CT molecular complexity index is 1210. The highest BCUT2D eigenvalue weighted by molar-refractivity contribution is 6.04. The normalized spacial score (nSPS) is 12.1. The SMILES string of the molecule is CCOc1ccc(N(C(=O)CNC(=O)c2ccco2)[C@H](C(=O)NC(C)(C)C)c2ccc(C(C)C)cc2)cc1. The van der Waals surface area contributed by atoms with E-state index in [1.807, 2.05) is 52.0 Å². The van der Waals surface area contributed by atoms with Crippen molar-refractivity contribution < 1.29 is 23.5 Å². The van der Waals surface area contributed by atoms with Gasteiger partial charge < -0.3 is 19.8 Å². The van der Waals surface area contributed by atoms with Gasteiger partial charge in [0.05, 0.1) is 19.4 Å². The predicted octanol–water partition coefficient (Wildman–Crippen LogP) is 5.22. The van der Waals surface area contributed by atoms with E-state index in [9.17, 15) is 14.4 Å². The molecule has 38 heavy (non-hydrogen) atoms. The summed E-state index contributed by atoms with van der Waals surface area (Å²) in [5.74, 6) is -0.271. The molecule has 0 fully saturated rings. The van der Waals surface area contributed by atoms with Gasteiger partial charge in [-0.2, -0.15) is 0 Å². The molecule has 0 radical (unpaired) electrons. The fourth-order valence-corrected chi connectivity index (χ4v) is 3.96. The lowest BCUT2D eigenvalue weighted by Gasteiger charge is -2.34. The third kappa shape index (κ3) is 7.47. The first kappa shape index (κ1) is 28.5. The molecule has 2 aromatic carbocycles. The van der Waals surface area contributed by atoms with Gasteiger partial charge in [0.15, 0.2) is 5.76 Å². The predicted molar refractivity (Wildman–Crippen MR) is 147 cm³/mol. The summed E-state index contributed by atoms with van der Waals surface area (Å²) in [7, 11) is 0. The number of carbonyl (C=O) groups is 3.